The molecule has 1 saturated carbocycles. The summed E-state index contributed by atoms with van der Waals surface area (Å²) in [6.07, 6.45) is -15.2. The number of aliphatic imine (C=N–C) groups is 1. The first kappa shape index (κ1) is 32.7. The van der Waals surface area contributed by atoms with Crippen molar-refractivity contribution in [1.82, 2.24) is 16.0 Å². The SMILES string of the molecule is CNC1=N[C@H]2[C@@H](O)[C@H](O[C@H]3O[C@H](CO)[C@@H](O[C@@H]4O[C@H](CO)[C@@H](O)[C@@H](O)[C@H]4NC(C)=O)[C@@H](O)[C@H]3NC(C)=O)[C@@H](CO)[C@@H]2O1. The highest BCUT2D eigenvalue weighted by Crippen LogP contribution is 2.39. The lowest BCUT2D eigenvalue weighted by molar-refractivity contribution is -0.339. The molecule has 2 amide bonds. The number of carbonyl (C=O) groups excluding carboxylic acids is 2. The van der Waals surface area contributed by atoms with Crippen molar-refractivity contribution >= 4 is 17.8 Å². The first-order valence-corrected chi connectivity index (χ1v) is 13.6. The van der Waals surface area contributed by atoms with Crippen LogP contribution in [0.3, 0.4) is 0 Å². The van der Waals surface area contributed by atoms with E-state index in [9.17, 15) is 45.3 Å². The van der Waals surface area contributed by atoms with Crippen molar-refractivity contribution in [3.05, 3.63) is 0 Å². The van der Waals surface area contributed by atoms with Gasteiger partial charge in [-0.15, -0.1) is 0 Å². The average molecular weight is 609 g/mol. The molecule has 18 heteroatoms. The Hall–Kier alpha value is -2.23. The summed E-state index contributed by atoms with van der Waals surface area (Å²) in [5, 5.41) is 80.8. The maximum atomic E-state index is 12.1. The molecule has 0 aromatic rings. The Bertz CT molecular complexity index is 991. The predicted molar refractivity (Wildman–Crippen MR) is 136 cm³/mol. The number of aliphatic hydroxyl groups excluding tert-OH is 7. The normalized spacial score (nSPS) is 45.0. The van der Waals surface area contributed by atoms with Crippen LogP contribution in [0.1, 0.15) is 13.8 Å². The van der Waals surface area contributed by atoms with Gasteiger partial charge in [0.25, 0.3) is 6.02 Å². The maximum absolute atomic E-state index is 12.1. The monoisotopic (exact) mass is 608 g/mol. The van der Waals surface area contributed by atoms with Crippen LogP contribution in [-0.4, -0.2) is 166 Å². The van der Waals surface area contributed by atoms with Gasteiger partial charge in [0.05, 0.1) is 31.8 Å². The molecular formula is C24H40N4O14. The van der Waals surface area contributed by atoms with Crippen LogP contribution >= 0.6 is 0 Å². The molecule has 4 aliphatic rings. The zero-order chi connectivity index (χ0) is 30.9. The third-order valence-corrected chi connectivity index (χ3v) is 7.86. The molecule has 0 spiro atoms. The van der Waals surface area contributed by atoms with E-state index in [1.54, 1.807) is 7.05 Å². The minimum atomic E-state index is -1.67. The number of aliphatic hydroxyl groups is 7. The van der Waals surface area contributed by atoms with E-state index in [1.807, 2.05) is 0 Å². The summed E-state index contributed by atoms with van der Waals surface area (Å²) in [6, 6.07) is -3.30. The van der Waals surface area contributed by atoms with Crippen LogP contribution in [0.5, 0.6) is 0 Å². The van der Waals surface area contributed by atoms with Gasteiger partial charge in [-0.25, -0.2) is 4.99 Å². The molecule has 4 rings (SSSR count). The Morgan fingerprint density at radius 2 is 1.33 bits per heavy atom. The maximum Gasteiger partial charge on any atom is 0.285 e. The number of amidine groups is 1. The van der Waals surface area contributed by atoms with Crippen LogP contribution in [0.15, 0.2) is 4.99 Å². The molecule has 240 valence electrons. The lowest BCUT2D eigenvalue weighted by Gasteiger charge is -2.48. The fourth-order valence-corrected chi connectivity index (χ4v) is 5.83. The number of nitrogens with zero attached hydrogens (tertiary/aromatic N) is 1. The zero-order valence-electron chi connectivity index (χ0n) is 23.2. The van der Waals surface area contributed by atoms with Gasteiger partial charge in [-0.05, 0) is 0 Å². The van der Waals surface area contributed by atoms with Crippen molar-refractivity contribution in [2.45, 2.75) is 99.5 Å². The third kappa shape index (κ3) is 6.34. The highest BCUT2D eigenvalue weighted by atomic mass is 16.7. The van der Waals surface area contributed by atoms with Crippen LogP contribution in [-0.2, 0) is 33.3 Å². The number of ether oxygens (including phenoxy) is 5. The Kier molecular flexibility index (Phi) is 10.6. The predicted octanol–water partition coefficient (Wildman–Crippen LogP) is -6.39. The number of nitrogens with one attached hydrogen (secondary N) is 3. The Labute approximate surface area is 240 Å². The minimum absolute atomic E-state index is 0.185. The fourth-order valence-electron chi connectivity index (χ4n) is 5.83. The van der Waals surface area contributed by atoms with Crippen molar-refractivity contribution in [2.75, 3.05) is 26.9 Å². The number of hydrogen-bond acceptors (Lipinski definition) is 16. The van der Waals surface area contributed by atoms with Crippen LogP contribution in [0.2, 0.25) is 0 Å². The Morgan fingerprint density at radius 1 is 0.786 bits per heavy atom. The highest BCUT2D eigenvalue weighted by Gasteiger charge is 2.58. The van der Waals surface area contributed by atoms with Gasteiger partial charge >= 0.3 is 0 Å². The quantitative estimate of drug-likeness (QED) is 0.117. The molecule has 10 N–H and O–H groups in total. The van der Waals surface area contributed by atoms with Crippen molar-refractivity contribution in [3.63, 3.8) is 0 Å². The number of hydrogen-bond donors (Lipinski definition) is 10. The summed E-state index contributed by atoms with van der Waals surface area (Å²) in [6.45, 7) is 0.393. The van der Waals surface area contributed by atoms with E-state index in [2.05, 4.69) is 20.9 Å². The highest BCUT2D eigenvalue weighted by molar-refractivity contribution is 5.75. The summed E-state index contributed by atoms with van der Waals surface area (Å²) in [4.78, 5) is 28.2. The van der Waals surface area contributed by atoms with Crippen LogP contribution in [0.4, 0.5) is 0 Å². The lowest BCUT2D eigenvalue weighted by atomic mass is 9.94. The Balaban J connectivity index is 1.57. The first-order chi connectivity index (χ1) is 19.9. The van der Waals surface area contributed by atoms with Gasteiger partial charge in [0.15, 0.2) is 12.6 Å². The van der Waals surface area contributed by atoms with Gasteiger partial charge in [0.1, 0.15) is 67.0 Å². The van der Waals surface area contributed by atoms with Gasteiger partial charge in [-0.2, -0.15) is 0 Å². The molecule has 0 aromatic carbocycles. The van der Waals surface area contributed by atoms with E-state index < -0.39 is 123 Å². The molecule has 0 aromatic heterocycles. The minimum Gasteiger partial charge on any atom is -0.459 e. The van der Waals surface area contributed by atoms with Gasteiger partial charge < -0.3 is 75.4 Å². The second-order valence-corrected chi connectivity index (χ2v) is 10.7. The smallest absolute Gasteiger partial charge is 0.285 e. The molecule has 1 aliphatic carbocycles. The van der Waals surface area contributed by atoms with Gasteiger partial charge in [-0.3, -0.25) is 9.59 Å². The van der Waals surface area contributed by atoms with Gasteiger partial charge in [0.2, 0.25) is 11.8 Å². The second-order valence-electron chi connectivity index (χ2n) is 10.7. The van der Waals surface area contributed by atoms with Crippen LogP contribution in [0.25, 0.3) is 0 Å². The summed E-state index contributed by atoms with van der Waals surface area (Å²) in [7, 11) is 1.58. The molecule has 0 radical (unpaired) electrons. The molecule has 0 bridgehead atoms. The van der Waals surface area contributed by atoms with Gasteiger partial charge in [-0.1, -0.05) is 0 Å². The van der Waals surface area contributed by atoms with Crippen molar-refractivity contribution in [2.24, 2.45) is 10.9 Å². The van der Waals surface area contributed by atoms with Crippen molar-refractivity contribution in [1.29, 1.82) is 0 Å². The molecule has 15 atom stereocenters. The first-order valence-electron chi connectivity index (χ1n) is 13.6. The molecule has 3 heterocycles. The Morgan fingerprint density at radius 3 is 1.86 bits per heavy atom. The van der Waals surface area contributed by atoms with Crippen LogP contribution in [0, 0.1) is 5.92 Å². The van der Waals surface area contributed by atoms with E-state index in [0.29, 0.717) is 0 Å². The number of rotatable bonds is 9. The van der Waals surface area contributed by atoms with Gasteiger partial charge in [0, 0.05) is 20.9 Å². The molecule has 42 heavy (non-hydrogen) atoms. The lowest BCUT2D eigenvalue weighted by Crippen LogP contribution is -2.69. The summed E-state index contributed by atoms with van der Waals surface area (Å²) in [5.74, 6) is -1.99. The van der Waals surface area contributed by atoms with E-state index >= 15 is 0 Å². The summed E-state index contributed by atoms with van der Waals surface area (Å²) < 4.78 is 29.1. The average Bonchev–Trinajstić information content (AvgIpc) is 3.48. The van der Waals surface area contributed by atoms with Crippen molar-refractivity contribution in [3.8, 4) is 0 Å². The third-order valence-electron chi connectivity index (χ3n) is 7.86. The zero-order valence-corrected chi connectivity index (χ0v) is 23.2. The molecule has 3 fully saturated rings. The van der Waals surface area contributed by atoms with Crippen LogP contribution < -0.4 is 16.0 Å². The van der Waals surface area contributed by atoms with E-state index in [-0.39, 0.29) is 6.02 Å². The molecule has 3 aliphatic heterocycles. The van der Waals surface area contributed by atoms with E-state index in [0.717, 1.165) is 6.92 Å². The van der Waals surface area contributed by atoms with E-state index in [4.69, 9.17) is 23.7 Å². The van der Waals surface area contributed by atoms with E-state index in [1.165, 1.54) is 6.92 Å². The summed E-state index contributed by atoms with van der Waals surface area (Å²) >= 11 is 0. The number of carbonyl (C=O) groups is 2. The second kappa shape index (κ2) is 13.6. The topological polar surface area (TPSA) is 270 Å². The molecular weight excluding hydrogens is 568 g/mol. The molecule has 2 saturated heterocycles. The molecule has 18 nitrogen and oxygen atoms in total. The largest absolute Gasteiger partial charge is 0.459 e. The fraction of sp³-hybridized carbons (Fsp3) is 0.875. The van der Waals surface area contributed by atoms with Crippen molar-refractivity contribution < 1.29 is 69.0 Å². The molecule has 0 unspecified atom stereocenters. The number of amides is 2. The standard InChI is InChI=1S/C24H40N4O14/c1-7(32)26-13-16(35)15(34)10(5-30)38-22(13)41-21-11(6-31)39-23(14(18(21)37)27-8(2)33)40-20-9(4-29)19-12(17(20)36)28-24(25-3)42-19/h9-23,29-31,34-37H,4-6H2,1-3H3,(H,25,28)(H,26,32)(H,27,33)/t9-,10+,11+,12-,13+,14+,15+,16-,17+,18-,19-,20+,21+,22-,23+/m0/s1. The number of fused-ring (bicyclic) bond motifs is 1. The summed E-state index contributed by atoms with van der Waals surface area (Å²) in [5.41, 5.74) is 0.